The van der Waals surface area contributed by atoms with Gasteiger partial charge in [0.25, 0.3) is 0 Å². The van der Waals surface area contributed by atoms with Crippen molar-refractivity contribution in [3.8, 4) is 0 Å². The molecule has 0 amide bonds. The first kappa shape index (κ1) is 8.41. The van der Waals surface area contributed by atoms with E-state index < -0.39 is 6.10 Å². The number of ketones is 1. The molecule has 1 unspecified atom stereocenters. The maximum atomic E-state index is 11.6. The van der Waals surface area contributed by atoms with E-state index in [9.17, 15) is 4.79 Å². The second kappa shape index (κ2) is 3.28. The minimum Gasteiger partial charge on any atom is -0.291 e. The van der Waals surface area contributed by atoms with E-state index in [1.165, 1.54) is 0 Å². The zero-order valence-corrected chi connectivity index (χ0v) is 7.06. The first-order chi connectivity index (χ1) is 6.33. The number of benzene rings is 1. The first-order valence-electron chi connectivity index (χ1n) is 4.25. The molecule has 1 aliphatic carbocycles. The Kier molecular flexibility index (Phi) is 2.12. The summed E-state index contributed by atoms with van der Waals surface area (Å²) in [6.45, 7) is 0. The van der Waals surface area contributed by atoms with Crippen LogP contribution in [0.2, 0.25) is 0 Å². The van der Waals surface area contributed by atoms with Gasteiger partial charge in [0.05, 0.1) is 0 Å². The van der Waals surface area contributed by atoms with Crippen molar-refractivity contribution >= 4 is 5.78 Å². The molecule has 0 fully saturated rings. The molecule has 0 heterocycles. The number of fused-ring (bicyclic) bond motifs is 1. The number of hydrogen-bond donors (Lipinski definition) is 1. The van der Waals surface area contributed by atoms with Crippen molar-refractivity contribution in [3.05, 3.63) is 35.4 Å². The summed E-state index contributed by atoms with van der Waals surface area (Å²) in [5, 5.41) is 8.47. The van der Waals surface area contributed by atoms with Crippen LogP contribution in [0.3, 0.4) is 0 Å². The van der Waals surface area contributed by atoms with Crippen molar-refractivity contribution in [2.45, 2.75) is 18.9 Å². The lowest BCUT2D eigenvalue weighted by Gasteiger charge is -2.20. The first-order valence-corrected chi connectivity index (χ1v) is 4.25. The molecule has 1 aliphatic rings. The third kappa shape index (κ3) is 1.36. The van der Waals surface area contributed by atoms with Crippen molar-refractivity contribution in [1.82, 2.24) is 0 Å². The largest absolute Gasteiger partial charge is 0.291 e. The van der Waals surface area contributed by atoms with Crippen LogP contribution < -0.4 is 0 Å². The Morgan fingerprint density at radius 1 is 1.38 bits per heavy atom. The molecule has 13 heavy (non-hydrogen) atoms. The van der Waals surface area contributed by atoms with Crippen LogP contribution in [0.1, 0.15) is 22.3 Å². The van der Waals surface area contributed by atoms with Gasteiger partial charge in [-0.05, 0) is 18.4 Å². The van der Waals surface area contributed by atoms with Crippen LogP contribution in [0, 0.1) is 0 Å². The molecule has 0 radical (unpaired) electrons. The Bertz CT molecular complexity index is 333. The molecule has 1 aromatic rings. The predicted octanol–water partition coefficient (Wildman–Crippen LogP) is 1.67. The van der Waals surface area contributed by atoms with Crippen molar-refractivity contribution in [2.75, 3.05) is 0 Å². The third-order valence-corrected chi connectivity index (χ3v) is 2.38. The maximum Gasteiger partial charge on any atom is 0.195 e. The Morgan fingerprint density at radius 3 is 2.92 bits per heavy atom. The fourth-order valence-corrected chi connectivity index (χ4v) is 1.67. The molecule has 1 atom stereocenters. The third-order valence-electron chi connectivity index (χ3n) is 2.38. The highest BCUT2D eigenvalue weighted by molar-refractivity contribution is 6.01. The topological polar surface area (TPSA) is 46.5 Å². The zero-order valence-electron chi connectivity index (χ0n) is 7.06. The van der Waals surface area contributed by atoms with Gasteiger partial charge in [0, 0.05) is 5.56 Å². The summed E-state index contributed by atoms with van der Waals surface area (Å²) in [4.78, 5) is 15.7. The van der Waals surface area contributed by atoms with Crippen LogP contribution in [0.5, 0.6) is 0 Å². The second-order valence-corrected chi connectivity index (χ2v) is 3.15. The number of aryl methyl sites for hydroxylation is 1. The monoisotopic (exact) mass is 178 g/mol. The Balaban J connectivity index is 2.39. The van der Waals surface area contributed by atoms with Gasteiger partial charge in [-0.2, -0.15) is 0 Å². The minimum atomic E-state index is -0.671. The Morgan fingerprint density at radius 2 is 2.15 bits per heavy atom. The summed E-state index contributed by atoms with van der Waals surface area (Å²) in [7, 11) is 0. The molecule has 0 aliphatic heterocycles. The van der Waals surface area contributed by atoms with Gasteiger partial charge in [0.1, 0.15) is 0 Å². The summed E-state index contributed by atoms with van der Waals surface area (Å²) in [6, 6.07) is 7.42. The highest BCUT2D eigenvalue weighted by Crippen LogP contribution is 2.22. The number of carbonyl (C=O) groups excluding carboxylic acids is 1. The average molecular weight is 178 g/mol. The van der Waals surface area contributed by atoms with E-state index in [2.05, 4.69) is 4.89 Å². The van der Waals surface area contributed by atoms with E-state index in [-0.39, 0.29) is 5.78 Å². The second-order valence-electron chi connectivity index (χ2n) is 3.15. The molecule has 3 heteroatoms. The number of rotatable bonds is 1. The Labute approximate surface area is 75.9 Å². The quantitative estimate of drug-likeness (QED) is 0.525. The van der Waals surface area contributed by atoms with Gasteiger partial charge in [-0.25, -0.2) is 4.89 Å². The van der Waals surface area contributed by atoms with Crippen molar-refractivity contribution in [1.29, 1.82) is 0 Å². The molecule has 0 saturated carbocycles. The molecule has 3 nitrogen and oxygen atoms in total. The lowest BCUT2D eigenvalue weighted by atomic mass is 9.89. The summed E-state index contributed by atoms with van der Waals surface area (Å²) < 4.78 is 0. The van der Waals surface area contributed by atoms with E-state index in [1.54, 1.807) is 6.07 Å². The van der Waals surface area contributed by atoms with Crippen LogP contribution in [0.15, 0.2) is 24.3 Å². The molecule has 68 valence electrons. The molecule has 0 spiro atoms. The van der Waals surface area contributed by atoms with Crippen LogP contribution in [0.25, 0.3) is 0 Å². The maximum absolute atomic E-state index is 11.6. The van der Waals surface area contributed by atoms with Crippen LogP contribution in [-0.2, 0) is 11.3 Å². The number of carbonyl (C=O) groups is 1. The van der Waals surface area contributed by atoms with Crippen molar-refractivity contribution in [3.63, 3.8) is 0 Å². The molecular formula is C10H10O3. The van der Waals surface area contributed by atoms with E-state index in [0.29, 0.717) is 12.0 Å². The van der Waals surface area contributed by atoms with Crippen LogP contribution >= 0.6 is 0 Å². The fraction of sp³-hybridized carbons (Fsp3) is 0.300. The summed E-state index contributed by atoms with van der Waals surface area (Å²) in [6.07, 6.45) is 0.675. The summed E-state index contributed by atoms with van der Waals surface area (Å²) in [5.74, 6) is -0.121. The van der Waals surface area contributed by atoms with E-state index >= 15 is 0 Å². The lowest BCUT2D eigenvalue weighted by molar-refractivity contribution is -0.265. The standard InChI is InChI=1S/C10H10O3/c11-10-8-4-2-1-3-7(8)5-6-9(10)13-12/h1-4,9,12H,5-6H2. The molecule has 0 bridgehead atoms. The number of hydrogen-bond acceptors (Lipinski definition) is 3. The SMILES string of the molecule is O=C1c2ccccc2CCC1OO. The van der Waals surface area contributed by atoms with E-state index in [4.69, 9.17) is 5.26 Å². The molecule has 0 saturated heterocycles. The van der Waals surface area contributed by atoms with Gasteiger partial charge >= 0.3 is 0 Å². The Hall–Kier alpha value is -1.19. The van der Waals surface area contributed by atoms with Gasteiger partial charge in [-0.1, -0.05) is 24.3 Å². The molecule has 0 aromatic heterocycles. The highest BCUT2D eigenvalue weighted by Gasteiger charge is 2.27. The summed E-state index contributed by atoms with van der Waals surface area (Å²) in [5.41, 5.74) is 1.72. The number of Topliss-reactive ketones (excluding diaryl/α,β-unsaturated/α-hetero) is 1. The highest BCUT2D eigenvalue weighted by atomic mass is 17.1. The van der Waals surface area contributed by atoms with Crippen molar-refractivity contribution < 1.29 is 14.9 Å². The molecular weight excluding hydrogens is 168 g/mol. The van der Waals surface area contributed by atoms with Gasteiger partial charge in [0.15, 0.2) is 11.9 Å². The van der Waals surface area contributed by atoms with Crippen LogP contribution in [-0.4, -0.2) is 17.1 Å². The van der Waals surface area contributed by atoms with E-state index in [0.717, 1.165) is 12.0 Å². The molecule has 2 rings (SSSR count). The van der Waals surface area contributed by atoms with Gasteiger partial charge < -0.3 is 0 Å². The zero-order chi connectivity index (χ0) is 9.26. The fourth-order valence-electron chi connectivity index (χ4n) is 1.67. The average Bonchev–Trinajstić information content (AvgIpc) is 2.19. The van der Waals surface area contributed by atoms with Gasteiger partial charge in [-0.3, -0.25) is 10.1 Å². The molecule has 1 N–H and O–H groups in total. The molecule has 1 aromatic carbocycles. The van der Waals surface area contributed by atoms with Gasteiger partial charge in [-0.15, -0.1) is 0 Å². The predicted molar refractivity (Wildman–Crippen MR) is 46.6 cm³/mol. The normalized spacial score (nSPS) is 21.3. The smallest absolute Gasteiger partial charge is 0.195 e. The van der Waals surface area contributed by atoms with Crippen LogP contribution in [0.4, 0.5) is 0 Å². The summed E-state index contributed by atoms with van der Waals surface area (Å²) >= 11 is 0. The van der Waals surface area contributed by atoms with Gasteiger partial charge in [0.2, 0.25) is 0 Å². The van der Waals surface area contributed by atoms with E-state index in [1.807, 2.05) is 18.2 Å². The minimum absolute atomic E-state index is 0.121. The lowest BCUT2D eigenvalue weighted by Crippen LogP contribution is -2.29. The van der Waals surface area contributed by atoms with Crippen molar-refractivity contribution in [2.24, 2.45) is 0 Å².